The van der Waals surface area contributed by atoms with Crippen molar-refractivity contribution in [1.29, 1.82) is 5.26 Å². The number of halogens is 2. The molecule has 1 atom stereocenters. The van der Waals surface area contributed by atoms with Crippen LogP contribution in [0.3, 0.4) is 0 Å². The highest BCUT2D eigenvalue weighted by molar-refractivity contribution is 14.1. The van der Waals surface area contributed by atoms with Gasteiger partial charge in [0, 0.05) is 0 Å². The van der Waals surface area contributed by atoms with Crippen molar-refractivity contribution in [2.24, 2.45) is 0 Å². The van der Waals surface area contributed by atoms with E-state index in [9.17, 15) is 0 Å². The number of rotatable bonds is 3. The Morgan fingerprint density at radius 3 is 2.85 bits per heavy atom. The second kappa shape index (κ2) is 5.11. The van der Waals surface area contributed by atoms with E-state index < -0.39 is 0 Å². The van der Waals surface area contributed by atoms with Crippen molar-refractivity contribution < 1.29 is 0 Å². The highest BCUT2D eigenvalue weighted by Crippen LogP contribution is 2.13. The topological polar surface area (TPSA) is 53.6 Å². The van der Waals surface area contributed by atoms with Crippen LogP contribution >= 0.6 is 45.2 Å². The highest BCUT2D eigenvalue weighted by atomic mass is 127. The molecule has 0 amide bonds. The maximum absolute atomic E-state index is 8.73. The summed E-state index contributed by atoms with van der Waals surface area (Å²) in [5, 5.41) is 11.7. The zero-order valence-electron chi connectivity index (χ0n) is 6.96. The van der Waals surface area contributed by atoms with Gasteiger partial charge >= 0.3 is 0 Å². The van der Waals surface area contributed by atoms with Gasteiger partial charge in [0.2, 0.25) is 0 Å². The Bertz CT molecular complexity index is 328. The molecule has 0 aromatic carbocycles. The maximum atomic E-state index is 8.73. The van der Waals surface area contributed by atoms with Crippen molar-refractivity contribution >= 4 is 45.2 Å². The molecular formula is C7H8I2N4. The van der Waals surface area contributed by atoms with Gasteiger partial charge in [0.25, 0.3) is 0 Å². The Hall–Kier alpha value is 0.120. The number of nitrogens with one attached hydrogen (secondary N) is 1. The van der Waals surface area contributed by atoms with E-state index in [-0.39, 0.29) is 6.04 Å². The van der Waals surface area contributed by atoms with Crippen molar-refractivity contribution in [2.75, 3.05) is 7.05 Å². The second-order valence-corrected chi connectivity index (χ2v) is 4.49. The first-order chi connectivity index (χ1) is 6.19. The molecule has 0 aliphatic heterocycles. The SMILES string of the molecule is CNC(C#N)Cn1cnc(I)c1I. The molecule has 4 nitrogen and oxygen atoms in total. The molecule has 70 valence electrons. The van der Waals surface area contributed by atoms with Gasteiger partial charge < -0.3 is 9.88 Å². The third kappa shape index (κ3) is 2.78. The van der Waals surface area contributed by atoms with E-state index in [2.05, 4.69) is 61.6 Å². The Labute approximate surface area is 104 Å². The predicted octanol–water partition coefficient (Wildman–Crippen LogP) is 1.20. The third-order valence-corrected chi connectivity index (χ3v) is 4.57. The molecule has 1 heterocycles. The summed E-state index contributed by atoms with van der Waals surface area (Å²) in [4.78, 5) is 4.14. The summed E-state index contributed by atoms with van der Waals surface area (Å²) >= 11 is 4.40. The highest BCUT2D eigenvalue weighted by Gasteiger charge is 2.09. The fourth-order valence-electron chi connectivity index (χ4n) is 0.863. The summed E-state index contributed by atoms with van der Waals surface area (Å²) in [6.45, 7) is 0.640. The van der Waals surface area contributed by atoms with Crippen LogP contribution in [0.15, 0.2) is 6.33 Å². The van der Waals surface area contributed by atoms with Crippen molar-refractivity contribution in [3.8, 4) is 6.07 Å². The number of imidazole rings is 1. The molecular weight excluding hydrogens is 394 g/mol. The smallest absolute Gasteiger partial charge is 0.132 e. The summed E-state index contributed by atoms with van der Waals surface area (Å²) in [7, 11) is 1.78. The average molecular weight is 402 g/mol. The fourth-order valence-corrected chi connectivity index (χ4v) is 1.76. The molecule has 0 saturated heterocycles. The largest absolute Gasteiger partial charge is 0.323 e. The zero-order valence-corrected chi connectivity index (χ0v) is 11.3. The number of nitrogens with zero attached hydrogens (tertiary/aromatic N) is 3. The molecule has 6 heteroatoms. The van der Waals surface area contributed by atoms with Crippen LogP contribution in [0, 0.1) is 18.7 Å². The quantitative estimate of drug-likeness (QED) is 0.774. The lowest BCUT2D eigenvalue weighted by atomic mass is 10.3. The van der Waals surface area contributed by atoms with E-state index in [0.717, 1.165) is 7.40 Å². The van der Waals surface area contributed by atoms with Crippen molar-refractivity contribution in [3.05, 3.63) is 13.7 Å². The molecule has 1 N–H and O–H groups in total. The first-order valence-electron chi connectivity index (χ1n) is 3.62. The lowest BCUT2D eigenvalue weighted by Crippen LogP contribution is -2.28. The minimum absolute atomic E-state index is 0.154. The molecule has 1 aromatic heterocycles. The lowest BCUT2D eigenvalue weighted by Gasteiger charge is -2.08. The molecule has 1 rings (SSSR count). The number of hydrogen-bond acceptors (Lipinski definition) is 3. The normalized spacial score (nSPS) is 12.5. The Morgan fingerprint density at radius 2 is 2.46 bits per heavy atom. The van der Waals surface area contributed by atoms with E-state index in [4.69, 9.17) is 5.26 Å². The Kier molecular flexibility index (Phi) is 4.40. The van der Waals surface area contributed by atoms with Crippen LogP contribution in [-0.2, 0) is 6.54 Å². The summed E-state index contributed by atoms with van der Waals surface area (Å²) in [5.41, 5.74) is 0. The van der Waals surface area contributed by atoms with Gasteiger partial charge in [0.1, 0.15) is 13.4 Å². The third-order valence-electron chi connectivity index (χ3n) is 1.62. The molecule has 13 heavy (non-hydrogen) atoms. The zero-order chi connectivity index (χ0) is 9.84. The summed E-state index contributed by atoms with van der Waals surface area (Å²) < 4.78 is 4.02. The average Bonchev–Trinajstić information content (AvgIpc) is 2.45. The van der Waals surface area contributed by atoms with Gasteiger partial charge in [-0.25, -0.2) is 4.98 Å². The van der Waals surface area contributed by atoms with Crippen LogP contribution < -0.4 is 5.32 Å². The first-order valence-corrected chi connectivity index (χ1v) is 5.77. The maximum Gasteiger partial charge on any atom is 0.132 e. The van der Waals surface area contributed by atoms with Gasteiger partial charge in [-0.1, -0.05) is 0 Å². The molecule has 0 fully saturated rings. The Morgan fingerprint density at radius 1 is 1.77 bits per heavy atom. The standard InChI is InChI=1S/C7H8I2N4/c1-11-5(2-10)3-13-4-12-6(8)7(13)9/h4-5,11H,3H2,1H3. The number of likely N-dealkylation sites (N-methyl/N-ethyl adjacent to an activating group) is 1. The first kappa shape index (κ1) is 11.2. The van der Waals surface area contributed by atoms with Crippen LogP contribution in [0.1, 0.15) is 0 Å². The number of hydrogen-bond donors (Lipinski definition) is 1. The minimum atomic E-state index is -0.154. The van der Waals surface area contributed by atoms with E-state index in [0.29, 0.717) is 6.54 Å². The molecule has 0 saturated carbocycles. The lowest BCUT2D eigenvalue weighted by molar-refractivity contribution is 0.557. The molecule has 1 unspecified atom stereocenters. The van der Waals surface area contributed by atoms with E-state index >= 15 is 0 Å². The summed E-state index contributed by atoms with van der Waals surface area (Å²) in [6, 6.07) is 2.02. The Balaban J connectivity index is 2.75. The second-order valence-electron chi connectivity index (χ2n) is 2.45. The minimum Gasteiger partial charge on any atom is -0.323 e. The number of nitriles is 1. The molecule has 1 aromatic rings. The fraction of sp³-hybridized carbons (Fsp3) is 0.429. The van der Waals surface area contributed by atoms with E-state index in [1.165, 1.54) is 0 Å². The van der Waals surface area contributed by atoms with Crippen molar-refractivity contribution in [3.63, 3.8) is 0 Å². The molecule has 0 radical (unpaired) electrons. The van der Waals surface area contributed by atoms with Gasteiger partial charge in [-0.3, -0.25) is 0 Å². The monoisotopic (exact) mass is 402 g/mol. The van der Waals surface area contributed by atoms with Crippen LogP contribution in [0.25, 0.3) is 0 Å². The van der Waals surface area contributed by atoms with Crippen LogP contribution in [-0.4, -0.2) is 22.6 Å². The molecule has 0 bridgehead atoms. The van der Waals surface area contributed by atoms with Gasteiger partial charge in [-0.2, -0.15) is 5.26 Å². The van der Waals surface area contributed by atoms with Crippen LogP contribution in [0.2, 0.25) is 0 Å². The molecule has 0 aliphatic rings. The molecule has 0 spiro atoms. The van der Waals surface area contributed by atoms with Crippen LogP contribution in [0.4, 0.5) is 0 Å². The predicted molar refractivity (Wildman–Crippen MR) is 66.1 cm³/mol. The van der Waals surface area contributed by atoms with E-state index in [1.54, 1.807) is 13.4 Å². The van der Waals surface area contributed by atoms with Gasteiger partial charge in [0.05, 0.1) is 18.9 Å². The van der Waals surface area contributed by atoms with Crippen LogP contribution in [0.5, 0.6) is 0 Å². The van der Waals surface area contributed by atoms with Gasteiger partial charge in [-0.15, -0.1) is 0 Å². The van der Waals surface area contributed by atoms with Gasteiger partial charge in [-0.05, 0) is 52.2 Å². The van der Waals surface area contributed by atoms with E-state index in [1.807, 2.05) is 4.57 Å². The summed E-state index contributed by atoms with van der Waals surface area (Å²) in [6.07, 6.45) is 1.76. The van der Waals surface area contributed by atoms with Gasteiger partial charge in [0.15, 0.2) is 0 Å². The van der Waals surface area contributed by atoms with Crippen molar-refractivity contribution in [2.45, 2.75) is 12.6 Å². The molecule has 0 aliphatic carbocycles. The number of aromatic nitrogens is 2. The van der Waals surface area contributed by atoms with Crippen molar-refractivity contribution in [1.82, 2.24) is 14.9 Å². The summed E-state index contributed by atoms with van der Waals surface area (Å²) in [5.74, 6) is 0.